The zero-order valence-electron chi connectivity index (χ0n) is 33.2. The Morgan fingerprint density at radius 2 is 1.25 bits per heavy atom. The summed E-state index contributed by atoms with van der Waals surface area (Å²) in [6, 6.07) is 24.3. The Hall–Kier alpha value is -3.43. The third-order valence-electron chi connectivity index (χ3n) is 9.22. The summed E-state index contributed by atoms with van der Waals surface area (Å²) in [4.78, 5) is 7.20. The Morgan fingerprint density at radius 3 is 1.83 bits per heavy atom. The summed E-state index contributed by atoms with van der Waals surface area (Å²) in [5, 5.41) is 0. The average molecular weight is 742 g/mol. The van der Waals surface area contributed by atoms with Crippen LogP contribution < -0.4 is 14.4 Å². The van der Waals surface area contributed by atoms with Crippen LogP contribution in [-0.4, -0.2) is 121 Å². The Morgan fingerprint density at radius 1 is 0.692 bits per heavy atom. The van der Waals surface area contributed by atoms with E-state index in [9.17, 15) is 0 Å². The van der Waals surface area contributed by atoms with Gasteiger partial charge in [0.15, 0.2) is 12.7 Å². The molecular weight excluding hydrogens is 677 g/mol. The lowest BCUT2D eigenvalue weighted by Crippen LogP contribution is -2.37. The van der Waals surface area contributed by atoms with Gasteiger partial charge in [-0.2, -0.15) is 4.57 Å². The highest BCUT2D eigenvalue weighted by atomic mass is 33.1. The van der Waals surface area contributed by atoms with Crippen molar-refractivity contribution in [2.24, 2.45) is 0 Å². The van der Waals surface area contributed by atoms with Crippen molar-refractivity contribution in [2.75, 3.05) is 117 Å². The second kappa shape index (κ2) is 20.7. The third kappa shape index (κ3) is 15.3. The van der Waals surface area contributed by atoms with E-state index in [1.165, 1.54) is 59.8 Å². The molecule has 0 spiro atoms. The van der Waals surface area contributed by atoms with E-state index in [-0.39, 0.29) is 0 Å². The maximum Gasteiger partial charge on any atom is 0.205 e. The van der Waals surface area contributed by atoms with Gasteiger partial charge in [-0.1, -0.05) is 64.1 Å². The van der Waals surface area contributed by atoms with Crippen molar-refractivity contribution in [1.82, 2.24) is 4.90 Å². The lowest BCUT2D eigenvalue weighted by molar-refractivity contribution is -0.870. The van der Waals surface area contributed by atoms with Gasteiger partial charge in [-0.25, -0.2) is 0 Å². The molecule has 0 atom stereocenters. The molecule has 0 fully saturated rings. The molecule has 0 bridgehead atoms. The van der Waals surface area contributed by atoms with Crippen molar-refractivity contribution in [1.29, 1.82) is 0 Å². The number of aromatic nitrogens is 1. The lowest BCUT2D eigenvalue weighted by Gasteiger charge is -2.26. The molecule has 8 heteroatoms. The standard InChI is InChI=1S/C44H65N6S2/c1-45(29-13-35-49(3,4)5)41-23-17-39(18-24-41)21-27-43-15-9-11-31-47(43)33-37-51-52-38-34-48-32-12-10-16-44(48)28-22-40-19-25-42(26-20-40)46(2)30-14-36-50(6,7)8/h9-12,15-28,31H,13-14,29-30,32-38H2,1-8H3/q+3. The molecule has 1 aromatic heterocycles. The van der Waals surface area contributed by atoms with Crippen molar-refractivity contribution < 1.29 is 13.5 Å². The maximum atomic E-state index is 2.48. The molecule has 0 saturated carbocycles. The molecule has 0 aliphatic carbocycles. The molecule has 2 heterocycles. The topological polar surface area (TPSA) is 13.6 Å². The summed E-state index contributed by atoms with van der Waals surface area (Å²) < 4.78 is 4.38. The molecule has 0 radical (unpaired) electrons. The number of anilines is 2. The summed E-state index contributed by atoms with van der Waals surface area (Å²) in [5.41, 5.74) is 7.52. The molecule has 280 valence electrons. The SMILES string of the molecule is CN(CCC[N+](C)(C)C)c1ccc(C=CC2=CC=CCN2CCSSCC[n+]2ccccc2C=Cc2ccc(N(C)CCC[N+](C)(C)C)cc2)cc1. The predicted octanol–water partition coefficient (Wildman–Crippen LogP) is 8.06. The van der Waals surface area contributed by atoms with E-state index >= 15 is 0 Å². The fourth-order valence-corrected chi connectivity index (χ4v) is 8.01. The molecule has 4 rings (SSSR count). The number of quaternary nitrogens is 2. The fourth-order valence-electron chi connectivity index (χ4n) is 6.06. The first kappa shape index (κ1) is 41.3. The molecular formula is C44H65N6S2+3. The van der Waals surface area contributed by atoms with Gasteiger partial charge in [0.1, 0.15) is 0 Å². The lowest BCUT2D eigenvalue weighted by atomic mass is 10.1. The van der Waals surface area contributed by atoms with E-state index in [1.54, 1.807) is 0 Å². The minimum atomic E-state index is 0.963. The molecule has 1 aliphatic rings. The van der Waals surface area contributed by atoms with Crippen LogP contribution in [0.1, 0.15) is 29.7 Å². The molecule has 1 aliphatic heterocycles. The van der Waals surface area contributed by atoms with Gasteiger partial charge >= 0.3 is 0 Å². The average Bonchev–Trinajstić information content (AvgIpc) is 3.11. The largest absolute Gasteiger partial charge is 0.374 e. The number of hydrogen-bond donors (Lipinski definition) is 0. The minimum Gasteiger partial charge on any atom is -0.374 e. The van der Waals surface area contributed by atoms with Gasteiger partial charge in [0, 0.05) is 94.1 Å². The highest BCUT2D eigenvalue weighted by Gasteiger charge is 2.12. The molecule has 6 nitrogen and oxygen atoms in total. The van der Waals surface area contributed by atoms with Crippen molar-refractivity contribution in [2.45, 2.75) is 19.4 Å². The smallest absolute Gasteiger partial charge is 0.205 e. The van der Waals surface area contributed by atoms with E-state index in [1.807, 2.05) is 21.6 Å². The van der Waals surface area contributed by atoms with Gasteiger partial charge in [0.05, 0.1) is 61.1 Å². The summed E-state index contributed by atoms with van der Waals surface area (Å²) in [5.74, 6) is 2.16. The van der Waals surface area contributed by atoms with Gasteiger partial charge in [0.2, 0.25) is 5.69 Å². The number of nitrogens with zero attached hydrogens (tertiary/aromatic N) is 6. The van der Waals surface area contributed by atoms with E-state index in [0.29, 0.717) is 0 Å². The van der Waals surface area contributed by atoms with E-state index in [4.69, 9.17) is 0 Å². The number of benzene rings is 2. The molecule has 2 aromatic carbocycles. The normalized spacial score (nSPS) is 13.7. The molecule has 0 amide bonds. The Kier molecular flexibility index (Phi) is 16.5. The molecule has 0 saturated heterocycles. The van der Waals surface area contributed by atoms with E-state index in [2.05, 4.69) is 191 Å². The van der Waals surface area contributed by atoms with Crippen molar-refractivity contribution in [3.05, 3.63) is 120 Å². The maximum absolute atomic E-state index is 2.48. The monoisotopic (exact) mass is 741 g/mol. The Balaban J connectivity index is 1.18. The number of aryl methyl sites for hydroxylation is 1. The highest BCUT2D eigenvalue weighted by molar-refractivity contribution is 8.76. The van der Waals surface area contributed by atoms with Crippen LogP contribution in [0.2, 0.25) is 0 Å². The van der Waals surface area contributed by atoms with Crippen molar-refractivity contribution in [3.63, 3.8) is 0 Å². The molecule has 52 heavy (non-hydrogen) atoms. The second-order valence-electron chi connectivity index (χ2n) is 15.9. The summed E-state index contributed by atoms with van der Waals surface area (Å²) in [7, 11) is 21.9. The first-order valence-electron chi connectivity index (χ1n) is 18.8. The summed E-state index contributed by atoms with van der Waals surface area (Å²) in [6.07, 6.45) is 20.2. The van der Waals surface area contributed by atoms with Crippen LogP contribution in [0, 0.1) is 0 Å². The first-order chi connectivity index (χ1) is 24.9. The minimum absolute atomic E-state index is 0.963. The van der Waals surface area contributed by atoms with Gasteiger partial charge in [0.25, 0.3) is 0 Å². The number of hydrogen-bond acceptors (Lipinski definition) is 5. The van der Waals surface area contributed by atoms with Crippen molar-refractivity contribution >= 4 is 51.2 Å². The predicted molar refractivity (Wildman–Crippen MR) is 233 cm³/mol. The number of rotatable bonds is 21. The van der Waals surface area contributed by atoms with Gasteiger partial charge in [-0.15, -0.1) is 0 Å². The molecule has 0 N–H and O–H groups in total. The van der Waals surface area contributed by atoms with Crippen LogP contribution in [0.5, 0.6) is 0 Å². The van der Waals surface area contributed by atoms with Crippen LogP contribution in [0.25, 0.3) is 18.2 Å². The second-order valence-corrected chi connectivity index (χ2v) is 18.6. The van der Waals surface area contributed by atoms with Gasteiger partial charge in [-0.3, -0.25) is 0 Å². The Bertz CT molecular complexity index is 1610. The Labute approximate surface area is 324 Å². The highest BCUT2D eigenvalue weighted by Crippen LogP contribution is 2.23. The zero-order valence-corrected chi connectivity index (χ0v) is 34.9. The number of pyridine rings is 1. The van der Waals surface area contributed by atoms with Crippen LogP contribution >= 0.6 is 21.6 Å². The number of allylic oxidation sites excluding steroid dienone is 3. The van der Waals surface area contributed by atoms with Crippen molar-refractivity contribution in [3.8, 4) is 0 Å². The third-order valence-corrected chi connectivity index (χ3v) is 11.6. The van der Waals surface area contributed by atoms with Crippen LogP contribution in [-0.2, 0) is 6.54 Å². The summed E-state index contributed by atoms with van der Waals surface area (Å²) in [6.45, 7) is 7.49. The first-order valence-corrected chi connectivity index (χ1v) is 21.3. The van der Waals surface area contributed by atoms with Crippen LogP contribution in [0.15, 0.2) is 103 Å². The fraction of sp³-hybridized carbons (Fsp3) is 0.432. The van der Waals surface area contributed by atoms with Gasteiger partial charge in [-0.05, 0) is 59.7 Å². The van der Waals surface area contributed by atoms with E-state index in [0.717, 1.165) is 53.2 Å². The van der Waals surface area contributed by atoms with Crippen LogP contribution in [0.3, 0.4) is 0 Å². The van der Waals surface area contributed by atoms with Gasteiger partial charge < -0.3 is 23.7 Å². The summed E-state index contributed by atoms with van der Waals surface area (Å²) >= 11 is 0. The zero-order chi connectivity index (χ0) is 37.4. The molecule has 0 unspecified atom stereocenters. The molecule has 3 aromatic rings. The van der Waals surface area contributed by atoms with Crippen LogP contribution in [0.4, 0.5) is 11.4 Å². The quantitative estimate of drug-likeness (QED) is 0.0473. The van der Waals surface area contributed by atoms with E-state index < -0.39 is 0 Å².